The molecule has 0 saturated carbocycles. The monoisotopic (exact) mass is 382 g/mol. The predicted molar refractivity (Wildman–Crippen MR) is 105 cm³/mol. The molecule has 1 saturated heterocycles. The van der Waals surface area contributed by atoms with E-state index in [0.717, 1.165) is 42.6 Å². The van der Waals surface area contributed by atoms with E-state index in [2.05, 4.69) is 4.98 Å². The van der Waals surface area contributed by atoms with Crippen LogP contribution in [-0.2, 0) is 15.6 Å². The number of hydrogen-bond donors (Lipinski definition) is 0. The molecule has 2 heterocycles. The van der Waals surface area contributed by atoms with Crippen molar-refractivity contribution in [2.45, 2.75) is 30.5 Å². The highest BCUT2D eigenvalue weighted by Crippen LogP contribution is 2.34. The third kappa shape index (κ3) is 3.76. The zero-order valence-corrected chi connectivity index (χ0v) is 16.1. The number of aryl methyl sites for hydroxylation is 1. The highest BCUT2D eigenvalue weighted by Gasteiger charge is 2.31. The molecule has 1 aliphatic rings. The van der Waals surface area contributed by atoms with E-state index in [1.165, 1.54) is 0 Å². The van der Waals surface area contributed by atoms with Crippen molar-refractivity contribution in [3.05, 3.63) is 65.7 Å². The number of anilines is 1. The zero-order valence-electron chi connectivity index (χ0n) is 15.3. The number of aromatic nitrogens is 1. The van der Waals surface area contributed by atoms with Crippen LogP contribution in [0.2, 0.25) is 0 Å². The van der Waals surface area contributed by atoms with E-state index in [4.69, 9.17) is 4.42 Å². The summed E-state index contributed by atoms with van der Waals surface area (Å²) in [4.78, 5) is 6.41. The van der Waals surface area contributed by atoms with Crippen molar-refractivity contribution in [1.29, 1.82) is 0 Å². The van der Waals surface area contributed by atoms with Crippen molar-refractivity contribution in [3.63, 3.8) is 0 Å². The van der Waals surface area contributed by atoms with Gasteiger partial charge in [0.2, 0.25) is 26.6 Å². The van der Waals surface area contributed by atoms with Crippen LogP contribution >= 0.6 is 0 Å². The van der Waals surface area contributed by atoms with Crippen LogP contribution in [0.1, 0.15) is 24.0 Å². The van der Waals surface area contributed by atoms with Gasteiger partial charge in [-0.3, -0.25) is 0 Å². The molecule has 0 radical (unpaired) electrons. The molecule has 0 spiro atoms. The van der Waals surface area contributed by atoms with E-state index < -0.39 is 9.84 Å². The number of sulfone groups is 1. The smallest absolute Gasteiger partial charge is 0.236 e. The molecule has 0 bridgehead atoms. The zero-order chi connectivity index (χ0) is 18.9. The molecular formula is C21H22N2O3S. The van der Waals surface area contributed by atoms with Gasteiger partial charge in [-0.05, 0) is 37.5 Å². The van der Waals surface area contributed by atoms with Gasteiger partial charge in [0.25, 0.3) is 0 Å². The fraction of sp³-hybridized carbons (Fsp3) is 0.286. The van der Waals surface area contributed by atoms with Gasteiger partial charge in [-0.25, -0.2) is 8.42 Å². The lowest BCUT2D eigenvalue weighted by atomic mass is 10.1. The summed E-state index contributed by atoms with van der Waals surface area (Å²) in [6.45, 7) is 3.58. The maximum atomic E-state index is 13.1. The molecule has 1 aromatic heterocycles. The fourth-order valence-corrected chi connectivity index (χ4v) is 4.73. The standard InChI is InChI=1S/C21H22N2O3S/c1-16-9-11-18(12-10-16)19-22-20(21(26-19)23-13-5-6-14-23)27(24,25)15-17-7-3-2-4-8-17/h2-4,7-12H,5-6,13-15H2,1H3. The Hall–Kier alpha value is -2.60. The van der Waals surface area contributed by atoms with Crippen LogP contribution < -0.4 is 4.90 Å². The Morgan fingerprint density at radius 2 is 1.67 bits per heavy atom. The van der Waals surface area contributed by atoms with Gasteiger partial charge in [-0.15, -0.1) is 0 Å². The molecule has 3 aromatic rings. The lowest BCUT2D eigenvalue weighted by Crippen LogP contribution is -2.20. The van der Waals surface area contributed by atoms with E-state index in [1.807, 2.05) is 66.4 Å². The second kappa shape index (κ2) is 7.19. The first-order valence-electron chi connectivity index (χ1n) is 9.12. The molecule has 0 unspecified atom stereocenters. The first-order chi connectivity index (χ1) is 13.0. The van der Waals surface area contributed by atoms with Gasteiger partial charge in [0.15, 0.2) is 0 Å². The van der Waals surface area contributed by atoms with E-state index in [1.54, 1.807) is 0 Å². The van der Waals surface area contributed by atoms with Crippen molar-refractivity contribution >= 4 is 15.7 Å². The van der Waals surface area contributed by atoms with Crippen molar-refractivity contribution < 1.29 is 12.8 Å². The highest BCUT2D eigenvalue weighted by molar-refractivity contribution is 7.90. The lowest BCUT2D eigenvalue weighted by Gasteiger charge is -2.14. The summed E-state index contributed by atoms with van der Waals surface area (Å²) >= 11 is 0. The van der Waals surface area contributed by atoms with Gasteiger partial charge in [0.05, 0.1) is 5.75 Å². The minimum atomic E-state index is -3.62. The SMILES string of the molecule is Cc1ccc(-c2nc(S(=O)(=O)Cc3ccccc3)c(N3CCCC3)o2)cc1. The Morgan fingerprint density at radius 3 is 2.33 bits per heavy atom. The minimum absolute atomic E-state index is 0.0452. The van der Waals surface area contributed by atoms with Crippen molar-refractivity contribution in [3.8, 4) is 11.5 Å². The molecule has 27 heavy (non-hydrogen) atoms. The summed E-state index contributed by atoms with van der Waals surface area (Å²) < 4.78 is 32.2. The largest absolute Gasteiger partial charge is 0.419 e. The average molecular weight is 382 g/mol. The summed E-state index contributed by atoms with van der Waals surface area (Å²) in [6, 6.07) is 16.9. The fourth-order valence-electron chi connectivity index (χ4n) is 3.30. The molecule has 5 nitrogen and oxygen atoms in total. The summed E-state index contributed by atoms with van der Waals surface area (Å²) in [7, 11) is -3.62. The second-order valence-electron chi connectivity index (χ2n) is 6.93. The molecule has 1 fully saturated rings. The molecule has 0 amide bonds. The number of nitrogens with zero attached hydrogens (tertiary/aromatic N) is 2. The van der Waals surface area contributed by atoms with Crippen LogP contribution in [0.3, 0.4) is 0 Å². The van der Waals surface area contributed by atoms with Crippen LogP contribution in [-0.4, -0.2) is 26.5 Å². The first-order valence-corrected chi connectivity index (χ1v) is 10.8. The Kier molecular flexibility index (Phi) is 4.74. The highest BCUT2D eigenvalue weighted by atomic mass is 32.2. The predicted octanol–water partition coefficient (Wildman–Crippen LogP) is 4.22. The van der Waals surface area contributed by atoms with Crippen molar-refractivity contribution in [2.75, 3.05) is 18.0 Å². The van der Waals surface area contributed by atoms with Crippen LogP contribution in [0.15, 0.2) is 64.0 Å². The first kappa shape index (κ1) is 17.8. The van der Waals surface area contributed by atoms with Crippen LogP contribution in [0, 0.1) is 6.92 Å². The number of rotatable bonds is 5. The normalized spacial score (nSPS) is 14.6. The molecule has 0 N–H and O–H groups in total. The summed E-state index contributed by atoms with van der Waals surface area (Å²) in [5.41, 5.74) is 2.65. The Morgan fingerprint density at radius 1 is 1.00 bits per heavy atom. The van der Waals surface area contributed by atoms with E-state index in [-0.39, 0.29) is 10.8 Å². The van der Waals surface area contributed by atoms with Gasteiger partial charge < -0.3 is 9.32 Å². The molecule has 0 aliphatic carbocycles. The molecule has 140 valence electrons. The minimum Gasteiger partial charge on any atom is -0.419 e. The quantitative estimate of drug-likeness (QED) is 0.661. The molecule has 4 rings (SSSR count). The maximum Gasteiger partial charge on any atom is 0.236 e. The third-order valence-corrected chi connectivity index (χ3v) is 6.33. The Balaban J connectivity index is 1.76. The van der Waals surface area contributed by atoms with Gasteiger partial charge in [0.1, 0.15) is 0 Å². The molecule has 0 atom stereocenters. The summed E-state index contributed by atoms with van der Waals surface area (Å²) in [5.74, 6) is 0.636. The average Bonchev–Trinajstić information content (AvgIpc) is 3.33. The van der Waals surface area contributed by atoms with E-state index in [0.29, 0.717) is 11.8 Å². The Labute approximate surface area is 159 Å². The lowest BCUT2D eigenvalue weighted by molar-refractivity contribution is 0.556. The Bertz CT molecular complexity index is 1020. The molecular weight excluding hydrogens is 360 g/mol. The van der Waals surface area contributed by atoms with E-state index >= 15 is 0 Å². The van der Waals surface area contributed by atoms with Gasteiger partial charge in [-0.1, -0.05) is 48.0 Å². The summed E-state index contributed by atoms with van der Waals surface area (Å²) in [6.07, 6.45) is 2.05. The number of oxazole rings is 1. The third-order valence-electron chi connectivity index (χ3n) is 4.77. The van der Waals surface area contributed by atoms with Crippen LogP contribution in [0.25, 0.3) is 11.5 Å². The van der Waals surface area contributed by atoms with Crippen molar-refractivity contribution in [1.82, 2.24) is 4.98 Å². The van der Waals surface area contributed by atoms with Crippen LogP contribution in [0.4, 0.5) is 5.88 Å². The molecule has 6 heteroatoms. The van der Waals surface area contributed by atoms with E-state index in [9.17, 15) is 8.42 Å². The molecule has 1 aliphatic heterocycles. The van der Waals surface area contributed by atoms with Gasteiger partial charge >= 0.3 is 0 Å². The maximum absolute atomic E-state index is 13.1. The van der Waals surface area contributed by atoms with Gasteiger partial charge in [0, 0.05) is 18.7 Å². The topological polar surface area (TPSA) is 63.4 Å². The van der Waals surface area contributed by atoms with Crippen molar-refractivity contribution in [2.24, 2.45) is 0 Å². The van der Waals surface area contributed by atoms with Gasteiger partial charge in [-0.2, -0.15) is 4.98 Å². The second-order valence-corrected chi connectivity index (χ2v) is 8.84. The van der Waals surface area contributed by atoms with Crippen LogP contribution in [0.5, 0.6) is 0 Å². The number of hydrogen-bond acceptors (Lipinski definition) is 5. The molecule has 2 aromatic carbocycles. The number of benzene rings is 2. The summed E-state index contributed by atoms with van der Waals surface area (Å²) in [5, 5.41) is 0.0452.